The molecule has 1 N–H and O–H groups in total. The predicted octanol–water partition coefficient (Wildman–Crippen LogP) is 1.83. The fourth-order valence-electron chi connectivity index (χ4n) is 4.70. The average molecular weight is 384 g/mol. The first-order chi connectivity index (χ1) is 13.7. The second-order valence-electron chi connectivity index (χ2n) is 7.64. The number of aliphatic hydroxyl groups excluding tert-OH is 1. The van der Waals surface area contributed by atoms with E-state index in [4.69, 9.17) is 4.74 Å². The SMILES string of the molecule is COc1ccccc1-n1cc(CN2CCCC23CCCN(CCO)C3=O)cn1. The zero-order chi connectivity index (χ0) is 19.6. The molecule has 2 aliphatic heterocycles. The van der Waals surface area contributed by atoms with Gasteiger partial charge in [-0.25, -0.2) is 4.68 Å². The molecule has 0 saturated carbocycles. The van der Waals surface area contributed by atoms with Crippen molar-refractivity contribution in [1.82, 2.24) is 19.6 Å². The Labute approximate surface area is 165 Å². The number of methoxy groups -OCH3 is 1. The number of likely N-dealkylation sites (tertiary alicyclic amines) is 2. The minimum atomic E-state index is -0.417. The number of hydrogen-bond donors (Lipinski definition) is 1. The molecule has 3 heterocycles. The summed E-state index contributed by atoms with van der Waals surface area (Å²) in [6.07, 6.45) is 7.70. The summed E-state index contributed by atoms with van der Waals surface area (Å²) < 4.78 is 7.27. The molecule has 2 aromatic rings. The lowest BCUT2D eigenvalue weighted by atomic mass is 9.85. The highest BCUT2D eigenvalue weighted by molar-refractivity contribution is 5.87. The van der Waals surface area contributed by atoms with Gasteiger partial charge in [-0.2, -0.15) is 5.10 Å². The van der Waals surface area contributed by atoms with Gasteiger partial charge in [0.05, 0.1) is 19.9 Å². The van der Waals surface area contributed by atoms with Crippen LogP contribution in [0.15, 0.2) is 36.7 Å². The van der Waals surface area contributed by atoms with E-state index < -0.39 is 5.54 Å². The van der Waals surface area contributed by atoms with Crippen molar-refractivity contribution < 1.29 is 14.6 Å². The van der Waals surface area contributed by atoms with E-state index in [0.29, 0.717) is 13.1 Å². The topological polar surface area (TPSA) is 70.8 Å². The molecule has 4 rings (SSSR count). The van der Waals surface area contributed by atoms with E-state index in [0.717, 1.165) is 55.8 Å². The fourth-order valence-corrected chi connectivity index (χ4v) is 4.70. The minimum Gasteiger partial charge on any atom is -0.494 e. The van der Waals surface area contributed by atoms with Gasteiger partial charge in [0, 0.05) is 31.4 Å². The highest BCUT2D eigenvalue weighted by atomic mass is 16.5. The summed E-state index contributed by atoms with van der Waals surface area (Å²) in [5.74, 6) is 0.958. The Morgan fingerprint density at radius 1 is 1.21 bits per heavy atom. The van der Waals surface area contributed by atoms with E-state index in [1.54, 1.807) is 7.11 Å². The summed E-state index contributed by atoms with van der Waals surface area (Å²) in [5.41, 5.74) is 1.56. The van der Waals surface area contributed by atoms with Crippen LogP contribution in [0.2, 0.25) is 0 Å². The standard InChI is InChI=1S/C21H28N4O3/c1-28-19-7-3-2-6-18(19)25-16-17(14-22-25)15-24-11-5-9-21(24)8-4-10-23(12-13-26)20(21)27/h2-3,6-7,14,16,26H,4-5,8-13,15H2,1H3. The lowest BCUT2D eigenvalue weighted by Crippen LogP contribution is -2.60. The summed E-state index contributed by atoms with van der Waals surface area (Å²) in [6.45, 7) is 2.82. The van der Waals surface area contributed by atoms with Crippen molar-refractivity contribution in [2.24, 2.45) is 0 Å². The second-order valence-corrected chi connectivity index (χ2v) is 7.64. The summed E-state index contributed by atoms with van der Waals surface area (Å²) in [5, 5.41) is 13.8. The Kier molecular flexibility index (Phi) is 5.37. The van der Waals surface area contributed by atoms with Crippen molar-refractivity contribution in [3.05, 3.63) is 42.2 Å². The molecule has 7 nitrogen and oxygen atoms in total. The fraction of sp³-hybridized carbons (Fsp3) is 0.524. The third kappa shape index (κ3) is 3.29. The van der Waals surface area contributed by atoms with E-state index in [2.05, 4.69) is 10.00 Å². The summed E-state index contributed by atoms with van der Waals surface area (Å²) >= 11 is 0. The van der Waals surface area contributed by atoms with Crippen molar-refractivity contribution >= 4 is 5.91 Å². The molecular weight excluding hydrogens is 356 g/mol. The van der Waals surface area contributed by atoms with Gasteiger partial charge in [-0.1, -0.05) is 12.1 Å². The second kappa shape index (κ2) is 7.93. The first-order valence-corrected chi connectivity index (χ1v) is 10.0. The Morgan fingerprint density at radius 2 is 2.00 bits per heavy atom. The van der Waals surface area contributed by atoms with Gasteiger partial charge in [0.2, 0.25) is 5.91 Å². The van der Waals surface area contributed by atoms with Crippen LogP contribution in [0.3, 0.4) is 0 Å². The maximum atomic E-state index is 13.2. The van der Waals surface area contributed by atoms with Crippen LogP contribution in [0, 0.1) is 0 Å². The Hall–Kier alpha value is -2.38. The summed E-state index contributed by atoms with van der Waals surface area (Å²) in [7, 11) is 1.66. The molecule has 1 aromatic carbocycles. The van der Waals surface area contributed by atoms with Gasteiger partial charge >= 0.3 is 0 Å². The molecule has 2 aliphatic rings. The van der Waals surface area contributed by atoms with E-state index >= 15 is 0 Å². The molecule has 1 aromatic heterocycles. The number of nitrogens with zero attached hydrogens (tertiary/aromatic N) is 4. The maximum absolute atomic E-state index is 13.2. The molecule has 1 spiro atoms. The third-order valence-electron chi connectivity index (χ3n) is 6.04. The van der Waals surface area contributed by atoms with Gasteiger partial charge in [-0.05, 0) is 44.4 Å². The average Bonchev–Trinajstić information content (AvgIpc) is 3.34. The van der Waals surface area contributed by atoms with Crippen molar-refractivity contribution in [1.29, 1.82) is 0 Å². The quantitative estimate of drug-likeness (QED) is 0.823. The number of β-amino-alcohol motifs (C(OH)–C–C–N with tert-alkyl or cyclic N) is 1. The van der Waals surface area contributed by atoms with E-state index in [1.165, 1.54) is 0 Å². The molecule has 1 unspecified atom stereocenters. The number of aliphatic hydroxyl groups is 1. The number of benzene rings is 1. The van der Waals surface area contributed by atoms with Crippen LogP contribution in [-0.4, -0.2) is 69.5 Å². The van der Waals surface area contributed by atoms with E-state index in [9.17, 15) is 9.90 Å². The molecule has 0 radical (unpaired) electrons. The van der Waals surface area contributed by atoms with E-state index in [-0.39, 0.29) is 12.5 Å². The van der Waals surface area contributed by atoms with E-state index in [1.807, 2.05) is 46.2 Å². The van der Waals surface area contributed by atoms with Gasteiger partial charge in [0.1, 0.15) is 17.0 Å². The number of ether oxygens (including phenoxy) is 1. The molecular formula is C21H28N4O3. The number of amides is 1. The Morgan fingerprint density at radius 3 is 2.79 bits per heavy atom. The molecule has 2 saturated heterocycles. The molecule has 1 atom stereocenters. The molecule has 7 heteroatoms. The first-order valence-electron chi connectivity index (χ1n) is 10.0. The number of hydrogen-bond acceptors (Lipinski definition) is 5. The van der Waals surface area contributed by atoms with Crippen LogP contribution in [-0.2, 0) is 11.3 Å². The molecule has 1 amide bonds. The predicted molar refractivity (Wildman–Crippen MR) is 105 cm³/mol. The van der Waals surface area contributed by atoms with Gasteiger partial charge in [-0.3, -0.25) is 9.69 Å². The summed E-state index contributed by atoms with van der Waals surface area (Å²) in [6, 6.07) is 7.80. The monoisotopic (exact) mass is 384 g/mol. The molecule has 0 bridgehead atoms. The van der Waals surface area contributed by atoms with Gasteiger partial charge in [0.25, 0.3) is 0 Å². The smallest absolute Gasteiger partial charge is 0.243 e. The zero-order valence-electron chi connectivity index (χ0n) is 16.4. The normalized spacial score (nSPS) is 22.9. The summed E-state index contributed by atoms with van der Waals surface area (Å²) in [4.78, 5) is 17.3. The largest absolute Gasteiger partial charge is 0.494 e. The maximum Gasteiger partial charge on any atom is 0.243 e. The molecule has 150 valence electrons. The Bertz CT molecular complexity index is 835. The molecule has 0 aliphatic carbocycles. The molecule has 2 fully saturated rings. The lowest BCUT2D eigenvalue weighted by Gasteiger charge is -2.44. The number of carbonyl (C=O) groups excluding carboxylic acids is 1. The van der Waals surface area contributed by atoms with Gasteiger partial charge in [-0.15, -0.1) is 0 Å². The highest BCUT2D eigenvalue weighted by Gasteiger charge is 2.50. The third-order valence-corrected chi connectivity index (χ3v) is 6.04. The zero-order valence-corrected chi connectivity index (χ0v) is 16.4. The number of piperidine rings is 1. The van der Waals surface area contributed by atoms with Crippen LogP contribution >= 0.6 is 0 Å². The number of rotatable bonds is 6. The number of aromatic nitrogens is 2. The van der Waals surface area contributed by atoms with Crippen molar-refractivity contribution in [3.63, 3.8) is 0 Å². The van der Waals surface area contributed by atoms with Crippen LogP contribution in [0.1, 0.15) is 31.2 Å². The van der Waals surface area contributed by atoms with Crippen LogP contribution in [0.25, 0.3) is 5.69 Å². The lowest BCUT2D eigenvalue weighted by molar-refractivity contribution is -0.148. The van der Waals surface area contributed by atoms with Crippen LogP contribution in [0.4, 0.5) is 0 Å². The van der Waals surface area contributed by atoms with Crippen molar-refractivity contribution in [2.45, 2.75) is 37.8 Å². The van der Waals surface area contributed by atoms with Gasteiger partial charge < -0.3 is 14.7 Å². The van der Waals surface area contributed by atoms with Crippen molar-refractivity contribution in [3.8, 4) is 11.4 Å². The Balaban J connectivity index is 1.54. The van der Waals surface area contributed by atoms with Crippen molar-refractivity contribution in [2.75, 3.05) is 33.4 Å². The minimum absolute atomic E-state index is 0.0213. The number of carbonyl (C=O) groups is 1. The molecule has 28 heavy (non-hydrogen) atoms. The first kappa shape index (κ1) is 19.0. The highest BCUT2D eigenvalue weighted by Crippen LogP contribution is 2.39. The van der Waals surface area contributed by atoms with Crippen LogP contribution < -0.4 is 4.74 Å². The number of para-hydroxylation sites is 2. The van der Waals surface area contributed by atoms with Gasteiger partial charge in [0.15, 0.2) is 0 Å². The van der Waals surface area contributed by atoms with Crippen LogP contribution in [0.5, 0.6) is 5.75 Å².